The lowest BCUT2D eigenvalue weighted by molar-refractivity contribution is -0.149. The van der Waals surface area contributed by atoms with Gasteiger partial charge in [0.2, 0.25) is 0 Å². The summed E-state index contributed by atoms with van der Waals surface area (Å²) in [5.74, 6) is -1.17. The maximum absolute atomic E-state index is 14.0. The lowest BCUT2D eigenvalue weighted by atomic mass is 9.86. The molecular weight excluding hydrogens is 508 g/mol. The average molecular weight is 548 g/mol. The fourth-order valence-corrected chi connectivity index (χ4v) is 4.84. The van der Waals surface area contributed by atoms with E-state index in [9.17, 15) is 23.5 Å². The van der Waals surface area contributed by atoms with Crippen molar-refractivity contribution in [2.45, 2.75) is 71.0 Å². The van der Waals surface area contributed by atoms with Crippen LogP contribution < -0.4 is 4.74 Å². The molecule has 1 atom stereocenters. The van der Waals surface area contributed by atoms with Gasteiger partial charge in [-0.25, -0.2) is 18.4 Å². The van der Waals surface area contributed by atoms with Crippen LogP contribution in [0.25, 0.3) is 0 Å². The molecule has 214 valence electrons. The van der Waals surface area contributed by atoms with Gasteiger partial charge in [-0.15, -0.1) is 0 Å². The van der Waals surface area contributed by atoms with Crippen molar-refractivity contribution in [3.8, 4) is 5.75 Å². The first-order valence-corrected chi connectivity index (χ1v) is 13.8. The Balaban J connectivity index is 1.52. The van der Waals surface area contributed by atoms with Crippen molar-refractivity contribution in [3.05, 3.63) is 65.2 Å². The monoisotopic (exact) mass is 547 g/mol. The van der Waals surface area contributed by atoms with Crippen LogP contribution in [0.3, 0.4) is 0 Å². The molecule has 0 heterocycles. The molecule has 0 radical (unpaired) electrons. The molecule has 0 aromatic heterocycles. The molecule has 1 saturated carbocycles. The number of amides is 1. The van der Waals surface area contributed by atoms with Gasteiger partial charge in [0, 0.05) is 31.2 Å². The number of nitrogens with zero attached hydrogens (tertiary/aromatic N) is 1. The van der Waals surface area contributed by atoms with Gasteiger partial charge >= 0.3 is 12.1 Å². The number of aliphatic carboxylic acids is 1. The summed E-state index contributed by atoms with van der Waals surface area (Å²) in [5, 5.41) is 9.27. The average Bonchev–Trinajstić information content (AvgIpc) is 2.92. The largest absolute Gasteiger partial charge is 0.492 e. The van der Waals surface area contributed by atoms with Gasteiger partial charge in [-0.2, -0.15) is 0 Å². The van der Waals surface area contributed by atoms with Gasteiger partial charge in [-0.1, -0.05) is 44.2 Å². The minimum Gasteiger partial charge on any atom is -0.492 e. The Morgan fingerprint density at radius 2 is 1.79 bits per heavy atom. The molecular formula is C30H39F2NO6. The summed E-state index contributed by atoms with van der Waals surface area (Å²) in [6.07, 6.45) is 6.91. The van der Waals surface area contributed by atoms with Crippen molar-refractivity contribution in [2.24, 2.45) is 5.92 Å². The van der Waals surface area contributed by atoms with E-state index in [0.717, 1.165) is 30.5 Å². The van der Waals surface area contributed by atoms with Crippen LogP contribution in [0, 0.1) is 17.6 Å². The van der Waals surface area contributed by atoms with E-state index in [1.165, 1.54) is 38.2 Å². The quantitative estimate of drug-likeness (QED) is 0.279. The number of hydrogen-bond acceptors (Lipinski definition) is 5. The second-order valence-corrected chi connectivity index (χ2v) is 9.90. The van der Waals surface area contributed by atoms with Crippen molar-refractivity contribution in [3.63, 3.8) is 0 Å². The lowest BCUT2D eigenvalue weighted by Gasteiger charge is -2.25. The van der Waals surface area contributed by atoms with E-state index < -0.39 is 29.8 Å². The maximum atomic E-state index is 14.0. The normalized spacial score (nSPS) is 14.5. The number of hydrogen-bond donors (Lipinski definition) is 1. The number of benzene rings is 2. The molecule has 0 bridgehead atoms. The van der Waals surface area contributed by atoms with E-state index in [4.69, 9.17) is 14.2 Å². The zero-order valence-corrected chi connectivity index (χ0v) is 22.6. The van der Waals surface area contributed by atoms with E-state index in [1.54, 1.807) is 36.1 Å². The topological polar surface area (TPSA) is 85.3 Å². The number of carboxylic acid groups (broad SMARTS) is 1. The van der Waals surface area contributed by atoms with Gasteiger partial charge in [-0.3, -0.25) is 0 Å². The highest BCUT2D eigenvalue weighted by atomic mass is 19.1. The van der Waals surface area contributed by atoms with Crippen molar-refractivity contribution >= 4 is 12.1 Å². The van der Waals surface area contributed by atoms with Crippen LogP contribution in [0.2, 0.25) is 0 Å². The second-order valence-electron chi connectivity index (χ2n) is 9.90. The fourth-order valence-electron chi connectivity index (χ4n) is 4.84. The summed E-state index contributed by atoms with van der Waals surface area (Å²) < 4.78 is 43.6. The Morgan fingerprint density at radius 3 is 2.46 bits per heavy atom. The van der Waals surface area contributed by atoms with Crippen LogP contribution in [0.4, 0.5) is 13.6 Å². The number of ether oxygens (including phenoxy) is 3. The van der Waals surface area contributed by atoms with Crippen LogP contribution in [-0.2, 0) is 27.3 Å². The Morgan fingerprint density at radius 1 is 1.05 bits per heavy atom. The second kappa shape index (κ2) is 16.0. The highest BCUT2D eigenvalue weighted by Crippen LogP contribution is 2.27. The molecule has 0 saturated heterocycles. The van der Waals surface area contributed by atoms with E-state index in [-0.39, 0.29) is 31.7 Å². The minimum absolute atomic E-state index is 0.109. The highest BCUT2D eigenvalue weighted by Gasteiger charge is 2.20. The smallest absolute Gasteiger partial charge is 0.410 e. The van der Waals surface area contributed by atoms with E-state index in [1.807, 2.05) is 0 Å². The van der Waals surface area contributed by atoms with E-state index >= 15 is 0 Å². The third-order valence-corrected chi connectivity index (χ3v) is 7.01. The predicted molar refractivity (Wildman–Crippen MR) is 143 cm³/mol. The Labute approximate surface area is 229 Å². The molecule has 1 N–H and O–H groups in total. The third kappa shape index (κ3) is 10.5. The zero-order valence-electron chi connectivity index (χ0n) is 22.6. The van der Waals surface area contributed by atoms with Crippen molar-refractivity contribution < 1.29 is 37.7 Å². The van der Waals surface area contributed by atoms with E-state index in [0.29, 0.717) is 24.8 Å². The summed E-state index contributed by atoms with van der Waals surface area (Å²) in [5.41, 5.74) is 0.918. The van der Waals surface area contributed by atoms with Crippen LogP contribution in [-0.4, -0.2) is 54.5 Å². The Bertz CT molecular complexity index is 1040. The molecule has 1 unspecified atom stereocenters. The first-order chi connectivity index (χ1) is 18.9. The van der Waals surface area contributed by atoms with Crippen LogP contribution in [0.5, 0.6) is 5.75 Å². The molecule has 1 amide bonds. The van der Waals surface area contributed by atoms with Gasteiger partial charge < -0.3 is 24.2 Å². The van der Waals surface area contributed by atoms with Crippen molar-refractivity contribution in [2.75, 3.05) is 26.3 Å². The maximum Gasteiger partial charge on any atom is 0.410 e. The fraction of sp³-hybridized carbons (Fsp3) is 0.533. The molecule has 1 aliphatic rings. The summed E-state index contributed by atoms with van der Waals surface area (Å²) in [6.45, 7) is 2.78. The first kappa shape index (κ1) is 30.3. The molecule has 39 heavy (non-hydrogen) atoms. The molecule has 3 rings (SSSR count). The molecule has 9 heteroatoms. The predicted octanol–water partition coefficient (Wildman–Crippen LogP) is 6.38. The molecule has 1 aliphatic carbocycles. The molecule has 0 aliphatic heterocycles. The highest BCUT2D eigenvalue weighted by molar-refractivity contribution is 5.72. The third-order valence-electron chi connectivity index (χ3n) is 7.01. The van der Waals surface area contributed by atoms with Gasteiger partial charge in [-0.05, 0) is 55.5 Å². The Kier molecular flexibility index (Phi) is 12.5. The van der Waals surface area contributed by atoms with Gasteiger partial charge in [0.15, 0.2) is 6.10 Å². The molecule has 2 aromatic carbocycles. The zero-order chi connectivity index (χ0) is 28.0. The summed E-state index contributed by atoms with van der Waals surface area (Å²) >= 11 is 0. The molecule has 0 spiro atoms. The van der Waals surface area contributed by atoms with Crippen LogP contribution in [0.15, 0.2) is 42.5 Å². The van der Waals surface area contributed by atoms with Crippen LogP contribution in [0.1, 0.15) is 63.0 Å². The first-order valence-electron chi connectivity index (χ1n) is 13.8. The number of carbonyl (C=O) groups excluding carboxylic acids is 1. The van der Waals surface area contributed by atoms with Crippen LogP contribution >= 0.6 is 0 Å². The van der Waals surface area contributed by atoms with Gasteiger partial charge in [0.05, 0.1) is 6.54 Å². The lowest BCUT2D eigenvalue weighted by Crippen LogP contribution is -2.36. The van der Waals surface area contributed by atoms with Gasteiger partial charge in [0.1, 0.15) is 30.6 Å². The Hall–Kier alpha value is -3.20. The van der Waals surface area contributed by atoms with E-state index in [2.05, 4.69) is 0 Å². The summed E-state index contributed by atoms with van der Waals surface area (Å²) in [6, 6.07) is 10.3. The SMILES string of the molecule is CCOC(Cc1ccc(OCCN(CCCC2CCCCC2)C(=O)OCc2ccc(F)cc2F)cc1)C(=O)O. The number of carbonyl (C=O) groups is 2. The minimum atomic E-state index is -1.00. The van der Waals surface area contributed by atoms with Crippen molar-refractivity contribution in [1.82, 2.24) is 4.90 Å². The molecule has 1 fully saturated rings. The number of halogens is 2. The number of carboxylic acids is 1. The summed E-state index contributed by atoms with van der Waals surface area (Å²) in [4.78, 5) is 25.8. The van der Waals surface area contributed by atoms with Gasteiger partial charge in [0.25, 0.3) is 0 Å². The van der Waals surface area contributed by atoms with Crippen molar-refractivity contribution in [1.29, 1.82) is 0 Å². The standard InChI is InChI=1S/C30H39F2NO6/c1-2-37-28(29(34)35)19-23-10-14-26(15-11-23)38-18-17-33(16-6-9-22-7-4-3-5-8-22)30(36)39-21-24-12-13-25(31)20-27(24)32/h10-15,20,22,28H,2-9,16-19,21H2,1H3,(H,34,35). The molecule has 7 nitrogen and oxygen atoms in total. The number of rotatable bonds is 15. The summed E-state index contributed by atoms with van der Waals surface area (Å²) in [7, 11) is 0. The molecule has 2 aromatic rings.